The summed E-state index contributed by atoms with van der Waals surface area (Å²) < 4.78 is 8.40. The first kappa shape index (κ1) is 17.7. The van der Waals surface area contributed by atoms with Crippen LogP contribution in [0.2, 0.25) is 5.02 Å². The lowest BCUT2D eigenvalue weighted by Crippen LogP contribution is -2.24. The molecule has 0 amide bonds. The topological polar surface area (TPSA) is 52.0 Å². The highest BCUT2D eigenvalue weighted by atomic mass is 35.5. The number of nitrogens with one attached hydrogen (secondary N) is 1. The Labute approximate surface area is 169 Å². The summed E-state index contributed by atoms with van der Waals surface area (Å²) in [5.41, 5.74) is 2.33. The number of halogens is 1. The Bertz CT molecular complexity index is 964. The molecular formula is C22H23ClN4O. The number of nitrogens with zero attached hydrogens (tertiary/aromatic N) is 3. The fourth-order valence-corrected chi connectivity index (χ4v) is 4.52. The molecule has 1 fully saturated rings. The number of para-hydroxylation sites is 1. The number of hydrogen-bond acceptors (Lipinski definition) is 4. The lowest BCUT2D eigenvalue weighted by molar-refractivity contribution is 0.144. The number of benzene rings is 2. The van der Waals surface area contributed by atoms with E-state index in [9.17, 15) is 0 Å². The number of fused-ring (bicyclic) bond motifs is 3. The maximum Gasteiger partial charge on any atom is 0.151 e. The molecule has 144 valence electrons. The first-order valence-electron chi connectivity index (χ1n) is 9.93. The summed E-state index contributed by atoms with van der Waals surface area (Å²) in [6.45, 7) is 1.50. The van der Waals surface area contributed by atoms with Gasteiger partial charge in [0.1, 0.15) is 11.6 Å². The SMILES string of the molecule is Clc1ccc2c(c1)CNCc1nnc([C@H]3CC[C@@H](Oc4ccccc4)CC3)n1-2. The van der Waals surface area contributed by atoms with E-state index in [4.69, 9.17) is 16.3 Å². The second-order valence-corrected chi connectivity index (χ2v) is 8.03. The molecule has 0 unspecified atom stereocenters. The van der Waals surface area contributed by atoms with Gasteiger partial charge in [-0.3, -0.25) is 4.57 Å². The van der Waals surface area contributed by atoms with Crippen molar-refractivity contribution in [3.63, 3.8) is 0 Å². The first-order valence-corrected chi connectivity index (χ1v) is 10.3. The molecule has 0 spiro atoms. The third kappa shape index (κ3) is 3.40. The van der Waals surface area contributed by atoms with Crippen molar-refractivity contribution < 1.29 is 4.74 Å². The summed E-state index contributed by atoms with van der Waals surface area (Å²) in [5, 5.41) is 13.3. The van der Waals surface area contributed by atoms with E-state index in [1.807, 2.05) is 42.5 Å². The van der Waals surface area contributed by atoms with Gasteiger partial charge in [-0.05, 0) is 61.6 Å². The van der Waals surface area contributed by atoms with Crippen LogP contribution < -0.4 is 10.1 Å². The van der Waals surface area contributed by atoms with Crippen molar-refractivity contribution in [1.29, 1.82) is 0 Å². The van der Waals surface area contributed by atoms with Crippen LogP contribution in [0, 0.1) is 0 Å². The molecule has 3 aromatic rings. The van der Waals surface area contributed by atoms with Gasteiger partial charge in [-0.25, -0.2) is 0 Å². The fraction of sp³-hybridized carbons (Fsp3) is 0.364. The molecule has 0 radical (unpaired) electrons. The highest BCUT2D eigenvalue weighted by Gasteiger charge is 2.29. The van der Waals surface area contributed by atoms with Gasteiger partial charge in [0.2, 0.25) is 0 Å². The van der Waals surface area contributed by atoms with Crippen LogP contribution in [-0.4, -0.2) is 20.9 Å². The van der Waals surface area contributed by atoms with Crippen LogP contribution >= 0.6 is 11.6 Å². The molecule has 28 heavy (non-hydrogen) atoms. The zero-order valence-electron chi connectivity index (χ0n) is 15.6. The number of ether oxygens (including phenoxy) is 1. The van der Waals surface area contributed by atoms with E-state index < -0.39 is 0 Å². The van der Waals surface area contributed by atoms with E-state index in [0.29, 0.717) is 12.5 Å². The molecule has 6 heteroatoms. The Morgan fingerprint density at radius 2 is 1.79 bits per heavy atom. The number of hydrogen-bond donors (Lipinski definition) is 1. The summed E-state index contributed by atoms with van der Waals surface area (Å²) in [6, 6.07) is 16.2. The predicted octanol–water partition coefficient (Wildman–Crippen LogP) is 4.63. The standard InChI is InChI=1S/C22H23ClN4O/c23-17-8-11-20-16(12-17)13-24-14-21-25-26-22(27(20)21)15-6-9-19(10-7-15)28-18-4-2-1-3-5-18/h1-5,8,11-12,15,19,24H,6-7,9-10,13-14H2/t15-,19+. The second-order valence-electron chi connectivity index (χ2n) is 7.59. The minimum absolute atomic E-state index is 0.276. The summed E-state index contributed by atoms with van der Waals surface area (Å²) in [6.07, 6.45) is 4.47. The normalized spacial score (nSPS) is 21.5. The molecule has 1 saturated carbocycles. The van der Waals surface area contributed by atoms with Gasteiger partial charge in [0.15, 0.2) is 5.82 Å². The highest BCUT2D eigenvalue weighted by molar-refractivity contribution is 6.30. The van der Waals surface area contributed by atoms with Crippen molar-refractivity contribution in [3.05, 3.63) is 70.8 Å². The monoisotopic (exact) mass is 394 g/mol. The molecule has 2 heterocycles. The van der Waals surface area contributed by atoms with Crippen molar-refractivity contribution in [2.45, 2.75) is 50.8 Å². The minimum atomic E-state index is 0.276. The first-order chi connectivity index (χ1) is 13.8. The maximum absolute atomic E-state index is 6.22. The maximum atomic E-state index is 6.22. The Morgan fingerprint density at radius 3 is 2.61 bits per heavy atom. The van der Waals surface area contributed by atoms with Gasteiger partial charge in [0, 0.05) is 17.5 Å². The van der Waals surface area contributed by atoms with Crippen LogP contribution in [0.15, 0.2) is 48.5 Å². The molecule has 1 N–H and O–H groups in total. The molecule has 1 aliphatic carbocycles. The molecule has 0 atom stereocenters. The summed E-state index contributed by atoms with van der Waals surface area (Å²) >= 11 is 6.22. The number of aromatic nitrogens is 3. The summed E-state index contributed by atoms with van der Waals surface area (Å²) in [4.78, 5) is 0. The van der Waals surface area contributed by atoms with Crippen LogP contribution in [0.5, 0.6) is 5.75 Å². The Hall–Kier alpha value is -2.37. The molecule has 0 saturated heterocycles. The number of rotatable bonds is 3. The Balaban J connectivity index is 1.37. The molecule has 5 rings (SSSR count). The van der Waals surface area contributed by atoms with Crippen molar-refractivity contribution in [2.75, 3.05) is 0 Å². The summed E-state index contributed by atoms with van der Waals surface area (Å²) in [5.74, 6) is 3.40. The van der Waals surface area contributed by atoms with Crippen molar-refractivity contribution >= 4 is 11.6 Å². The minimum Gasteiger partial charge on any atom is -0.490 e. The van der Waals surface area contributed by atoms with Crippen LogP contribution in [-0.2, 0) is 13.1 Å². The lowest BCUT2D eigenvalue weighted by atomic mass is 9.86. The van der Waals surface area contributed by atoms with Crippen LogP contribution in [0.1, 0.15) is 48.8 Å². The lowest BCUT2D eigenvalue weighted by Gasteiger charge is -2.29. The third-order valence-electron chi connectivity index (χ3n) is 5.72. The smallest absolute Gasteiger partial charge is 0.151 e. The fourth-order valence-electron chi connectivity index (χ4n) is 4.32. The van der Waals surface area contributed by atoms with Crippen LogP contribution in [0.25, 0.3) is 5.69 Å². The zero-order chi connectivity index (χ0) is 18.9. The van der Waals surface area contributed by atoms with Crippen molar-refractivity contribution in [1.82, 2.24) is 20.1 Å². The summed E-state index contributed by atoms with van der Waals surface area (Å²) in [7, 11) is 0. The van der Waals surface area contributed by atoms with Crippen molar-refractivity contribution in [3.8, 4) is 11.4 Å². The Kier molecular flexibility index (Phi) is 4.79. The van der Waals surface area contributed by atoms with Gasteiger partial charge in [-0.2, -0.15) is 0 Å². The van der Waals surface area contributed by atoms with Gasteiger partial charge in [0.25, 0.3) is 0 Å². The zero-order valence-corrected chi connectivity index (χ0v) is 16.4. The van der Waals surface area contributed by atoms with Gasteiger partial charge in [-0.1, -0.05) is 29.8 Å². The van der Waals surface area contributed by atoms with Gasteiger partial charge in [0.05, 0.1) is 18.3 Å². The quantitative estimate of drug-likeness (QED) is 0.703. The van der Waals surface area contributed by atoms with Gasteiger partial charge in [-0.15, -0.1) is 10.2 Å². The molecule has 0 bridgehead atoms. The van der Waals surface area contributed by atoms with E-state index in [1.165, 1.54) is 5.56 Å². The van der Waals surface area contributed by atoms with E-state index in [1.54, 1.807) is 0 Å². The second kappa shape index (κ2) is 7.57. The van der Waals surface area contributed by atoms with E-state index in [2.05, 4.69) is 26.1 Å². The molecule has 2 aromatic carbocycles. The molecular weight excluding hydrogens is 372 g/mol. The largest absolute Gasteiger partial charge is 0.490 e. The molecule has 1 aromatic heterocycles. The third-order valence-corrected chi connectivity index (χ3v) is 5.96. The average molecular weight is 395 g/mol. The highest BCUT2D eigenvalue weighted by Crippen LogP contribution is 2.36. The van der Waals surface area contributed by atoms with Crippen LogP contribution in [0.3, 0.4) is 0 Å². The van der Waals surface area contributed by atoms with E-state index in [0.717, 1.165) is 60.3 Å². The van der Waals surface area contributed by atoms with Crippen molar-refractivity contribution in [2.24, 2.45) is 0 Å². The van der Waals surface area contributed by atoms with Gasteiger partial charge >= 0.3 is 0 Å². The van der Waals surface area contributed by atoms with Crippen LogP contribution in [0.4, 0.5) is 0 Å². The molecule has 5 nitrogen and oxygen atoms in total. The molecule has 1 aliphatic heterocycles. The molecule has 2 aliphatic rings. The predicted molar refractivity (Wildman–Crippen MR) is 109 cm³/mol. The Morgan fingerprint density at radius 1 is 0.964 bits per heavy atom. The van der Waals surface area contributed by atoms with Gasteiger partial charge < -0.3 is 10.1 Å². The van der Waals surface area contributed by atoms with E-state index in [-0.39, 0.29) is 6.10 Å². The van der Waals surface area contributed by atoms with E-state index >= 15 is 0 Å². The average Bonchev–Trinajstić information content (AvgIpc) is 3.05.